The van der Waals surface area contributed by atoms with Gasteiger partial charge in [0.1, 0.15) is 0 Å². The average molecular weight is 211 g/mol. The summed E-state index contributed by atoms with van der Waals surface area (Å²) in [7, 11) is -2.37. The summed E-state index contributed by atoms with van der Waals surface area (Å²) >= 11 is 0. The summed E-state index contributed by atoms with van der Waals surface area (Å²) in [5, 5.41) is 0. The highest BCUT2D eigenvalue weighted by molar-refractivity contribution is 7.46. The van der Waals surface area contributed by atoms with E-state index in [2.05, 4.69) is 11.4 Å². The van der Waals surface area contributed by atoms with Crippen molar-refractivity contribution in [3.05, 3.63) is 0 Å². The molecular weight excluding hydrogens is 193 g/mol. The molecule has 0 radical (unpaired) electrons. The van der Waals surface area contributed by atoms with E-state index < -0.39 is 7.82 Å². The van der Waals surface area contributed by atoms with Gasteiger partial charge in [-0.15, -0.1) is 0 Å². The third-order valence-corrected chi connectivity index (χ3v) is 2.14. The van der Waals surface area contributed by atoms with Crippen LogP contribution in [0.1, 0.15) is 19.8 Å². The first-order chi connectivity index (χ1) is 5.95. The summed E-state index contributed by atoms with van der Waals surface area (Å²) in [6.45, 7) is 3.65. The van der Waals surface area contributed by atoms with Crippen LogP contribution >= 0.6 is 7.82 Å². The van der Waals surface area contributed by atoms with Gasteiger partial charge in [0.2, 0.25) is 0 Å². The van der Waals surface area contributed by atoms with E-state index >= 15 is 0 Å². The Morgan fingerprint density at radius 2 is 2.00 bits per heavy atom. The molecule has 5 nitrogen and oxygen atoms in total. The van der Waals surface area contributed by atoms with Crippen molar-refractivity contribution in [2.75, 3.05) is 26.7 Å². The number of phosphoric ester groups is 1. The van der Waals surface area contributed by atoms with Gasteiger partial charge < -0.3 is 14.7 Å². The minimum atomic E-state index is -4.27. The summed E-state index contributed by atoms with van der Waals surface area (Å²) in [4.78, 5) is 18.7. The van der Waals surface area contributed by atoms with E-state index in [0.29, 0.717) is 6.54 Å². The van der Waals surface area contributed by atoms with Gasteiger partial charge in [0.05, 0.1) is 6.61 Å². The van der Waals surface area contributed by atoms with Crippen LogP contribution in [-0.2, 0) is 9.09 Å². The van der Waals surface area contributed by atoms with Crippen LogP contribution in [0.4, 0.5) is 0 Å². The topological polar surface area (TPSA) is 70.0 Å². The molecule has 0 amide bonds. The molecule has 0 saturated carbocycles. The molecule has 2 N–H and O–H groups in total. The van der Waals surface area contributed by atoms with Crippen molar-refractivity contribution in [2.24, 2.45) is 0 Å². The molecule has 0 fully saturated rings. The Morgan fingerprint density at radius 1 is 1.38 bits per heavy atom. The number of hydrogen-bond donors (Lipinski definition) is 2. The Kier molecular flexibility index (Phi) is 6.55. The van der Waals surface area contributed by atoms with Gasteiger partial charge in [-0.05, 0) is 20.0 Å². The molecule has 0 aliphatic rings. The molecule has 0 spiro atoms. The molecule has 0 unspecified atom stereocenters. The average Bonchev–Trinajstić information content (AvgIpc) is 1.98. The summed E-state index contributed by atoms with van der Waals surface area (Å²) in [6, 6.07) is 0. The van der Waals surface area contributed by atoms with Gasteiger partial charge in [0, 0.05) is 6.54 Å². The largest absolute Gasteiger partial charge is 0.469 e. The molecule has 6 heteroatoms. The molecule has 13 heavy (non-hydrogen) atoms. The van der Waals surface area contributed by atoms with E-state index in [1.54, 1.807) is 0 Å². The van der Waals surface area contributed by atoms with Crippen LogP contribution in [0.5, 0.6) is 0 Å². The predicted octanol–water partition coefficient (Wildman–Crippen LogP) is 0.828. The quantitative estimate of drug-likeness (QED) is 0.610. The highest BCUT2D eigenvalue weighted by Crippen LogP contribution is 2.35. The Bertz CT molecular complexity index is 170. The number of phosphoric acid groups is 1. The van der Waals surface area contributed by atoms with Crippen LogP contribution in [0.2, 0.25) is 0 Å². The van der Waals surface area contributed by atoms with Gasteiger partial charge in [-0.25, -0.2) is 4.57 Å². The smallest absolute Gasteiger partial charge is 0.304 e. The first-order valence-electron chi connectivity index (χ1n) is 4.34. The van der Waals surface area contributed by atoms with Crippen molar-refractivity contribution in [3.8, 4) is 0 Å². The summed E-state index contributed by atoms with van der Waals surface area (Å²) < 4.78 is 14.6. The number of unbranched alkanes of at least 4 members (excludes halogenated alkanes) is 1. The lowest BCUT2D eigenvalue weighted by atomic mass is 10.3. The van der Waals surface area contributed by atoms with E-state index in [1.165, 1.54) is 0 Å². The SMILES string of the molecule is CCCCN(C)CCOP(=O)(O)O. The molecule has 80 valence electrons. The van der Waals surface area contributed by atoms with E-state index in [4.69, 9.17) is 9.79 Å². The molecule has 0 atom stereocenters. The van der Waals surface area contributed by atoms with Crippen LogP contribution in [0, 0.1) is 0 Å². The Hall–Kier alpha value is 0.0700. The van der Waals surface area contributed by atoms with E-state index in [0.717, 1.165) is 19.4 Å². The van der Waals surface area contributed by atoms with E-state index in [9.17, 15) is 4.57 Å². The third kappa shape index (κ3) is 9.99. The number of rotatable bonds is 7. The number of likely N-dealkylation sites (N-methyl/N-ethyl adjacent to an activating group) is 1. The van der Waals surface area contributed by atoms with Crippen LogP contribution < -0.4 is 0 Å². The first-order valence-corrected chi connectivity index (χ1v) is 5.87. The lowest BCUT2D eigenvalue weighted by Crippen LogP contribution is -2.23. The van der Waals surface area contributed by atoms with Crippen molar-refractivity contribution in [1.29, 1.82) is 0 Å². The van der Waals surface area contributed by atoms with Crippen LogP contribution in [-0.4, -0.2) is 41.4 Å². The molecule has 0 aliphatic carbocycles. The molecule has 0 aromatic carbocycles. The van der Waals surface area contributed by atoms with E-state index in [-0.39, 0.29) is 6.61 Å². The Morgan fingerprint density at radius 3 is 2.46 bits per heavy atom. The third-order valence-electron chi connectivity index (χ3n) is 1.63. The second kappa shape index (κ2) is 6.51. The highest BCUT2D eigenvalue weighted by Gasteiger charge is 2.13. The fourth-order valence-corrected chi connectivity index (χ4v) is 1.17. The number of hydrogen-bond acceptors (Lipinski definition) is 3. The van der Waals surface area contributed by atoms with Crippen LogP contribution in [0.15, 0.2) is 0 Å². The zero-order chi connectivity index (χ0) is 10.3. The monoisotopic (exact) mass is 211 g/mol. The summed E-state index contributed by atoms with van der Waals surface area (Å²) in [6.07, 6.45) is 2.20. The van der Waals surface area contributed by atoms with Crippen molar-refractivity contribution in [2.45, 2.75) is 19.8 Å². The Labute approximate surface area is 78.9 Å². The molecule has 0 aromatic rings. The van der Waals surface area contributed by atoms with Crippen LogP contribution in [0.25, 0.3) is 0 Å². The maximum Gasteiger partial charge on any atom is 0.469 e. The zero-order valence-electron chi connectivity index (χ0n) is 8.14. The summed E-state index contributed by atoms with van der Waals surface area (Å²) in [5.41, 5.74) is 0. The minimum absolute atomic E-state index is 0.0739. The molecule has 0 rings (SSSR count). The van der Waals surface area contributed by atoms with E-state index in [1.807, 2.05) is 11.9 Å². The zero-order valence-corrected chi connectivity index (χ0v) is 9.04. The molecule has 0 saturated heterocycles. The standard InChI is InChI=1S/C7H18NO4P/c1-3-4-5-8(2)6-7-12-13(9,10)11/h3-7H2,1-2H3,(H2,9,10,11). The fourth-order valence-electron chi connectivity index (χ4n) is 0.855. The van der Waals surface area contributed by atoms with Crippen molar-refractivity contribution < 1.29 is 18.9 Å². The lowest BCUT2D eigenvalue weighted by molar-refractivity contribution is 0.172. The van der Waals surface area contributed by atoms with Gasteiger partial charge in [-0.3, -0.25) is 4.52 Å². The molecule has 0 aliphatic heterocycles. The van der Waals surface area contributed by atoms with Gasteiger partial charge in [-0.1, -0.05) is 13.3 Å². The minimum Gasteiger partial charge on any atom is -0.304 e. The van der Waals surface area contributed by atoms with Gasteiger partial charge in [0.25, 0.3) is 0 Å². The van der Waals surface area contributed by atoms with Gasteiger partial charge in [-0.2, -0.15) is 0 Å². The van der Waals surface area contributed by atoms with Gasteiger partial charge >= 0.3 is 7.82 Å². The van der Waals surface area contributed by atoms with Crippen molar-refractivity contribution >= 4 is 7.82 Å². The molecular formula is C7H18NO4P. The lowest BCUT2D eigenvalue weighted by Gasteiger charge is -2.15. The predicted molar refractivity (Wildman–Crippen MR) is 50.4 cm³/mol. The maximum absolute atomic E-state index is 10.3. The van der Waals surface area contributed by atoms with Gasteiger partial charge in [0.15, 0.2) is 0 Å². The normalized spacial score (nSPS) is 12.4. The molecule has 0 aromatic heterocycles. The fraction of sp³-hybridized carbons (Fsp3) is 1.00. The Balaban J connectivity index is 3.37. The second-order valence-corrected chi connectivity index (χ2v) is 4.22. The maximum atomic E-state index is 10.3. The molecule has 0 heterocycles. The highest BCUT2D eigenvalue weighted by atomic mass is 31.2. The first kappa shape index (κ1) is 13.1. The van der Waals surface area contributed by atoms with Crippen LogP contribution in [0.3, 0.4) is 0 Å². The van der Waals surface area contributed by atoms with Crippen molar-refractivity contribution in [1.82, 2.24) is 4.90 Å². The molecule has 0 bridgehead atoms. The summed E-state index contributed by atoms with van der Waals surface area (Å²) in [5.74, 6) is 0. The van der Waals surface area contributed by atoms with Crippen molar-refractivity contribution in [3.63, 3.8) is 0 Å². The second-order valence-electron chi connectivity index (χ2n) is 2.98. The number of nitrogens with zero attached hydrogens (tertiary/aromatic N) is 1.